The number of alkyl halides is 3. The van der Waals surface area contributed by atoms with Gasteiger partial charge in [0.2, 0.25) is 11.8 Å². The normalized spacial score (nSPS) is 20.3. The summed E-state index contributed by atoms with van der Waals surface area (Å²) in [6, 6.07) is 12.8. The van der Waals surface area contributed by atoms with Gasteiger partial charge in [-0.25, -0.2) is 4.79 Å². The molecule has 3 aromatic heterocycles. The van der Waals surface area contributed by atoms with Crippen LogP contribution in [0.1, 0.15) is 70.2 Å². The number of fused-ring (bicyclic) bond motifs is 2. The minimum absolute atomic E-state index is 0.184. The van der Waals surface area contributed by atoms with Crippen LogP contribution in [-0.4, -0.2) is 113 Å². The number of carbonyl (C=O) groups excluding carboxylic acids is 3. The van der Waals surface area contributed by atoms with Crippen LogP contribution in [0.15, 0.2) is 72.0 Å². The van der Waals surface area contributed by atoms with Crippen molar-refractivity contribution in [2.24, 2.45) is 13.0 Å². The number of pyridine rings is 1. The van der Waals surface area contributed by atoms with Crippen molar-refractivity contribution < 1.29 is 32.7 Å². The first-order chi connectivity index (χ1) is 28.8. The van der Waals surface area contributed by atoms with E-state index in [1.54, 1.807) is 40.8 Å². The number of piperazine rings is 1. The lowest BCUT2D eigenvalue weighted by molar-refractivity contribution is -0.137. The first-order valence-electron chi connectivity index (χ1n) is 20.2. The highest BCUT2D eigenvalue weighted by atomic mass is 19.4. The molecule has 3 amide bonds. The van der Waals surface area contributed by atoms with Crippen molar-refractivity contribution in [2.75, 3.05) is 50.7 Å². The second kappa shape index (κ2) is 15.6. The molecule has 314 valence electrons. The molecule has 7 heterocycles. The fourth-order valence-electron chi connectivity index (χ4n) is 9.17. The van der Waals surface area contributed by atoms with E-state index in [1.807, 2.05) is 18.2 Å². The number of hydrogen-bond donors (Lipinski definition) is 2. The van der Waals surface area contributed by atoms with Crippen molar-refractivity contribution in [3.8, 4) is 5.69 Å². The average molecular weight is 827 g/mol. The first kappa shape index (κ1) is 39.6. The van der Waals surface area contributed by atoms with Gasteiger partial charge < -0.3 is 19.5 Å². The molecule has 5 aromatic rings. The lowest BCUT2D eigenvalue weighted by Gasteiger charge is -2.39. The number of anilines is 1. The zero-order chi connectivity index (χ0) is 41.9. The van der Waals surface area contributed by atoms with Crippen molar-refractivity contribution in [1.29, 1.82) is 0 Å². The van der Waals surface area contributed by atoms with E-state index in [2.05, 4.69) is 30.2 Å². The molecule has 0 aliphatic carbocycles. The molecule has 0 spiro atoms. The summed E-state index contributed by atoms with van der Waals surface area (Å²) < 4.78 is 47.3. The molecule has 2 atom stereocenters. The second-order valence-electron chi connectivity index (χ2n) is 16.3. The summed E-state index contributed by atoms with van der Waals surface area (Å²) in [4.78, 5) is 59.4. The van der Waals surface area contributed by atoms with Crippen molar-refractivity contribution in [3.05, 3.63) is 111 Å². The SMILES string of the molecule is Cn1cnnc1[C@H](O)c1cccc(-n2cc3c(C(F)(F)F)cc(CN4CCC(CN5CCN(c6ccc7c(c6)CN([C@@H]6CCC(=O)NC6=O)C7=O)CC5)CC4)cn3c2=O)c1. The Morgan fingerprint density at radius 1 is 0.900 bits per heavy atom. The number of carbonyl (C=O) groups is 3. The largest absolute Gasteiger partial charge is 0.418 e. The maximum Gasteiger partial charge on any atom is 0.418 e. The van der Waals surface area contributed by atoms with Gasteiger partial charge >= 0.3 is 11.9 Å². The van der Waals surface area contributed by atoms with Gasteiger partial charge in [0.15, 0.2) is 5.82 Å². The molecule has 3 fully saturated rings. The highest BCUT2D eigenvalue weighted by Gasteiger charge is 2.40. The number of likely N-dealkylation sites (tertiary alicyclic amines) is 1. The van der Waals surface area contributed by atoms with Gasteiger partial charge in [-0.15, -0.1) is 10.2 Å². The minimum Gasteiger partial charge on any atom is -0.380 e. The van der Waals surface area contributed by atoms with Crippen LogP contribution in [0.3, 0.4) is 0 Å². The van der Waals surface area contributed by atoms with Crippen LogP contribution in [0.2, 0.25) is 0 Å². The van der Waals surface area contributed by atoms with E-state index < -0.39 is 35.5 Å². The third-order valence-corrected chi connectivity index (χ3v) is 12.5. The van der Waals surface area contributed by atoms with Gasteiger partial charge in [-0.1, -0.05) is 12.1 Å². The monoisotopic (exact) mass is 826 g/mol. The van der Waals surface area contributed by atoms with Crippen LogP contribution in [0, 0.1) is 5.92 Å². The third-order valence-electron chi connectivity index (χ3n) is 12.5. The molecular formula is C42H45F3N10O5. The van der Waals surface area contributed by atoms with Crippen LogP contribution in [-0.2, 0) is 35.9 Å². The minimum atomic E-state index is -4.70. The molecular weight excluding hydrogens is 782 g/mol. The zero-order valence-corrected chi connectivity index (χ0v) is 33.0. The highest BCUT2D eigenvalue weighted by Crippen LogP contribution is 2.35. The Kier molecular flexibility index (Phi) is 10.3. The molecule has 2 N–H and O–H groups in total. The third kappa shape index (κ3) is 7.58. The average Bonchev–Trinajstić information content (AvgIpc) is 3.92. The van der Waals surface area contributed by atoms with E-state index in [0.717, 1.165) is 80.4 Å². The standard InChI is InChI=1S/C42H45F3N10O5/c1-49-25-46-48-38(49)37(57)28-3-2-4-31(18-28)53-24-35-33(42(43,44)45)17-27(22-55(35)41(53)60)21-50-11-9-26(10-12-50)20-51-13-15-52(16-14-51)30-5-6-32-29(19-30)23-54(40(32)59)34-7-8-36(56)47-39(34)58/h2-6,17-19,22,24-26,34,37,57H,7-16,20-21,23H2,1H3,(H,47,56,58)/t34-,37-/m1/s1. The Morgan fingerprint density at radius 2 is 1.68 bits per heavy atom. The van der Waals surface area contributed by atoms with Crippen LogP contribution in [0.5, 0.6) is 0 Å². The number of rotatable bonds is 9. The molecule has 9 rings (SSSR count). The highest BCUT2D eigenvalue weighted by molar-refractivity contribution is 6.05. The number of imidazole rings is 1. The number of benzene rings is 2. The summed E-state index contributed by atoms with van der Waals surface area (Å²) in [7, 11) is 1.68. The lowest BCUT2D eigenvalue weighted by Crippen LogP contribution is -2.52. The van der Waals surface area contributed by atoms with Crippen molar-refractivity contribution >= 4 is 28.9 Å². The number of halogens is 3. The Labute approximate surface area is 342 Å². The number of aromatic nitrogens is 5. The topological polar surface area (TPSA) is 154 Å². The van der Waals surface area contributed by atoms with Crippen LogP contribution in [0.4, 0.5) is 18.9 Å². The predicted molar refractivity (Wildman–Crippen MR) is 212 cm³/mol. The molecule has 0 bridgehead atoms. The Balaban J connectivity index is 0.807. The smallest absolute Gasteiger partial charge is 0.380 e. The maximum absolute atomic E-state index is 14.5. The Hall–Kier alpha value is -5.85. The van der Waals surface area contributed by atoms with E-state index in [-0.39, 0.29) is 36.1 Å². The van der Waals surface area contributed by atoms with E-state index in [0.29, 0.717) is 41.3 Å². The van der Waals surface area contributed by atoms with Gasteiger partial charge in [0, 0.05) is 82.9 Å². The summed E-state index contributed by atoms with van der Waals surface area (Å²) in [5, 5.41) is 21.0. The number of nitrogens with one attached hydrogen (secondary N) is 1. The predicted octanol–water partition coefficient (Wildman–Crippen LogP) is 3.11. The van der Waals surface area contributed by atoms with Crippen LogP contribution < -0.4 is 15.9 Å². The number of aliphatic hydroxyl groups is 1. The van der Waals surface area contributed by atoms with Gasteiger partial charge in [-0.05, 0) is 91.4 Å². The molecule has 0 saturated carbocycles. The van der Waals surface area contributed by atoms with Crippen molar-refractivity contribution in [3.63, 3.8) is 0 Å². The molecule has 2 aromatic carbocycles. The molecule has 3 saturated heterocycles. The Morgan fingerprint density at radius 3 is 2.40 bits per heavy atom. The van der Waals surface area contributed by atoms with Gasteiger partial charge in [0.05, 0.1) is 16.8 Å². The van der Waals surface area contributed by atoms with Crippen molar-refractivity contribution in [2.45, 2.75) is 57.1 Å². The van der Waals surface area contributed by atoms with Gasteiger partial charge in [-0.2, -0.15) is 13.2 Å². The van der Waals surface area contributed by atoms with E-state index >= 15 is 0 Å². The summed E-state index contributed by atoms with van der Waals surface area (Å²) in [5.41, 5.74) is 1.84. The number of hydrogen-bond acceptors (Lipinski definition) is 10. The molecule has 15 nitrogen and oxygen atoms in total. The van der Waals surface area contributed by atoms with Gasteiger partial charge in [0.1, 0.15) is 18.5 Å². The number of aryl methyl sites for hydroxylation is 1. The number of aliphatic hydroxyl groups excluding tert-OH is 1. The molecule has 4 aliphatic rings. The summed E-state index contributed by atoms with van der Waals surface area (Å²) in [6.07, 6.45) is 0.646. The lowest BCUT2D eigenvalue weighted by atomic mass is 9.95. The van der Waals surface area contributed by atoms with E-state index in [9.17, 15) is 37.5 Å². The summed E-state index contributed by atoms with van der Waals surface area (Å²) in [5.74, 6) is -0.185. The fourth-order valence-corrected chi connectivity index (χ4v) is 9.17. The quantitative estimate of drug-likeness (QED) is 0.212. The Bertz CT molecular complexity index is 2530. The molecule has 60 heavy (non-hydrogen) atoms. The second-order valence-corrected chi connectivity index (χ2v) is 16.3. The van der Waals surface area contributed by atoms with E-state index in [1.165, 1.54) is 23.3 Å². The maximum atomic E-state index is 14.5. The zero-order valence-electron chi connectivity index (χ0n) is 33.0. The number of imide groups is 1. The van der Waals surface area contributed by atoms with Crippen LogP contribution >= 0.6 is 0 Å². The molecule has 18 heteroatoms. The van der Waals surface area contributed by atoms with Gasteiger partial charge in [0.25, 0.3) is 5.91 Å². The van der Waals surface area contributed by atoms with E-state index in [4.69, 9.17) is 0 Å². The molecule has 0 unspecified atom stereocenters. The number of piperidine rings is 2. The van der Waals surface area contributed by atoms with Gasteiger partial charge in [-0.3, -0.25) is 38.5 Å². The molecule has 0 radical (unpaired) electrons. The summed E-state index contributed by atoms with van der Waals surface area (Å²) >= 11 is 0. The van der Waals surface area contributed by atoms with Crippen LogP contribution in [0.25, 0.3) is 11.2 Å². The first-order valence-corrected chi connectivity index (χ1v) is 20.2. The van der Waals surface area contributed by atoms with Crippen molar-refractivity contribution in [1.82, 2.24) is 43.7 Å². The fraction of sp³-hybridized carbons (Fsp3) is 0.429. The number of nitrogens with zero attached hydrogens (tertiary/aromatic N) is 9. The summed E-state index contributed by atoms with van der Waals surface area (Å²) in [6.45, 7) is 6.40. The number of amides is 3. The molecule has 4 aliphatic heterocycles.